The minimum atomic E-state index is -0.934. The van der Waals surface area contributed by atoms with Crippen LogP contribution in [0.15, 0.2) is 0 Å². The van der Waals surface area contributed by atoms with Crippen molar-refractivity contribution in [2.24, 2.45) is 5.92 Å². The van der Waals surface area contributed by atoms with Crippen LogP contribution in [-0.4, -0.2) is 23.0 Å². The Morgan fingerprint density at radius 2 is 2.15 bits per heavy atom. The van der Waals surface area contributed by atoms with Gasteiger partial charge in [-0.2, -0.15) is 0 Å². The fourth-order valence-corrected chi connectivity index (χ4v) is 1.18. The molecule has 13 heavy (non-hydrogen) atoms. The molecule has 0 aromatic heterocycles. The summed E-state index contributed by atoms with van der Waals surface area (Å²) < 4.78 is 0. The molecular weight excluding hydrogens is 170 g/mol. The normalized spacial score (nSPS) is 17.9. The number of carboxylic acids is 1. The van der Waals surface area contributed by atoms with Crippen LogP contribution >= 0.6 is 0 Å². The van der Waals surface area contributed by atoms with Gasteiger partial charge in [-0.15, -0.1) is 0 Å². The van der Waals surface area contributed by atoms with E-state index in [0.717, 1.165) is 19.3 Å². The molecule has 4 nitrogen and oxygen atoms in total. The predicted octanol–water partition coefficient (Wildman–Crippen LogP) is 0.766. The number of rotatable bonds is 5. The first kappa shape index (κ1) is 10.0. The van der Waals surface area contributed by atoms with E-state index in [-0.39, 0.29) is 11.8 Å². The quantitative estimate of drug-likeness (QED) is 0.664. The highest BCUT2D eigenvalue weighted by Gasteiger charge is 2.32. The molecule has 1 saturated carbocycles. The monoisotopic (exact) mass is 185 g/mol. The van der Waals surface area contributed by atoms with E-state index in [1.807, 2.05) is 6.92 Å². The molecule has 0 bridgehead atoms. The summed E-state index contributed by atoms with van der Waals surface area (Å²) in [6.07, 6.45) is 3.09. The summed E-state index contributed by atoms with van der Waals surface area (Å²) in [5.41, 5.74) is 0. The third kappa shape index (κ3) is 3.05. The third-order valence-corrected chi connectivity index (χ3v) is 2.14. The van der Waals surface area contributed by atoms with Gasteiger partial charge in [0.05, 0.1) is 0 Å². The van der Waals surface area contributed by atoms with Gasteiger partial charge in [0.1, 0.15) is 6.04 Å². The summed E-state index contributed by atoms with van der Waals surface area (Å²) in [5, 5.41) is 11.3. The van der Waals surface area contributed by atoms with E-state index in [9.17, 15) is 9.59 Å². The lowest BCUT2D eigenvalue weighted by Crippen LogP contribution is -2.41. The average molecular weight is 185 g/mol. The summed E-state index contributed by atoms with van der Waals surface area (Å²) in [4.78, 5) is 21.9. The molecule has 0 aliphatic heterocycles. The summed E-state index contributed by atoms with van der Waals surface area (Å²) in [7, 11) is 0. The van der Waals surface area contributed by atoms with Gasteiger partial charge >= 0.3 is 5.97 Å². The number of hydrogen-bond acceptors (Lipinski definition) is 2. The zero-order valence-electron chi connectivity index (χ0n) is 7.75. The minimum Gasteiger partial charge on any atom is -0.480 e. The number of nitrogens with one attached hydrogen (secondary N) is 1. The number of carbonyl (C=O) groups excluding carboxylic acids is 1. The van der Waals surface area contributed by atoms with Crippen molar-refractivity contribution in [2.75, 3.05) is 0 Å². The van der Waals surface area contributed by atoms with Crippen molar-refractivity contribution in [3.05, 3.63) is 0 Å². The fraction of sp³-hybridized carbons (Fsp3) is 0.778. The van der Waals surface area contributed by atoms with Gasteiger partial charge in [0, 0.05) is 5.92 Å². The lowest BCUT2D eigenvalue weighted by molar-refractivity contribution is -0.142. The molecule has 1 aliphatic rings. The molecule has 0 aromatic rings. The molecule has 2 N–H and O–H groups in total. The van der Waals surface area contributed by atoms with Crippen LogP contribution in [0.1, 0.15) is 32.6 Å². The second-order valence-electron chi connectivity index (χ2n) is 3.46. The first-order valence-corrected chi connectivity index (χ1v) is 4.68. The molecule has 0 saturated heterocycles. The highest BCUT2D eigenvalue weighted by Crippen LogP contribution is 2.28. The third-order valence-electron chi connectivity index (χ3n) is 2.14. The Bertz CT molecular complexity index is 211. The van der Waals surface area contributed by atoms with Gasteiger partial charge in [-0.05, 0) is 19.3 Å². The second-order valence-corrected chi connectivity index (χ2v) is 3.46. The molecule has 1 unspecified atom stereocenters. The van der Waals surface area contributed by atoms with Crippen LogP contribution in [0, 0.1) is 5.92 Å². The largest absolute Gasteiger partial charge is 0.480 e. The summed E-state index contributed by atoms with van der Waals surface area (Å²) in [5.74, 6) is -0.949. The first-order chi connectivity index (χ1) is 6.15. The number of carboxylic acid groups (broad SMARTS) is 1. The van der Waals surface area contributed by atoms with E-state index >= 15 is 0 Å². The van der Waals surface area contributed by atoms with Crippen molar-refractivity contribution < 1.29 is 14.7 Å². The Morgan fingerprint density at radius 3 is 2.54 bits per heavy atom. The van der Waals surface area contributed by atoms with Crippen LogP contribution in [0.2, 0.25) is 0 Å². The number of aliphatic carboxylic acids is 1. The van der Waals surface area contributed by atoms with E-state index in [2.05, 4.69) is 5.32 Å². The van der Waals surface area contributed by atoms with Crippen molar-refractivity contribution in [3.8, 4) is 0 Å². The Morgan fingerprint density at radius 1 is 1.54 bits per heavy atom. The maximum atomic E-state index is 11.2. The SMILES string of the molecule is CCCC(NC(=O)C1CC1)C(=O)O. The molecule has 74 valence electrons. The summed E-state index contributed by atoms with van der Waals surface area (Å²) >= 11 is 0. The molecule has 1 aliphatic carbocycles. The van der Waals surface area contributed by atoms with Gasteiger partial charge in [0.25, 0.3) is 0 Å². The molecule has 1 rings (SSSR count). The zero-order chi connectivity index (χ0) is 9.84. The standard InChI is InChI=1S/C9H15NO3/c1-2-3-7(9(12)13)10-8(11)6-4-5-6/h6-7H,2-5H2,1H3,(H,10,11)(H,12,13). The average Bonchev–Trinajstić information content (AvgIpc) is 2.85. The van der Waals surface area contributed by atoms with Crippen molar-refractivity contribution in [1.82, 2.24) is 5.32 Å². The molecular formula is C9H15NO3. The van der Waals surface area contributed by atoms with Crippen LogP contribution in [0.3, 0.4) is 0 Å². The fourth-order valence-electron chi connectivity index (χ4n) is 1.18. The maximum absolute atomic E-state index is 11.2. The topological polar surface area (TPSA) is 66.4 Å². The van der Waals surface area contributed by atoms with Crippen molar-refractivity contribution in [1.29, 1.82) is 0 Å². The minimum absolute atomic E-state index is 0.0821. The van der Waals surface area contributed by atoms with Crippen LogP contribution in [0.5, 0.6) is 0 Å². The van der Waals surface area contributed by atoms with E-state index in [4.69, 9.17) is 5.11 Å². The predicted molar refractivity (Wildman–Crippen MR) is 47.2 cm³/mol. The number of hydrogen-bond donors (Lipinski definition) is 2. The molecule has 1 atom stereocenters. The van der Waals surface area contributed by atoms with Crippen LogP contribution in [0.25, 0.3) is 0 Å². The van der Waals surface area contributed by atoms with Crippen molar-refractivity contribution in [2.45, 2.75) is 38.6 Å². The van der Waals surface area contributed by atoms with E-state index in [1.165, 1.54) is 0 Å². The van der Waals surface area contributed by atoms with Crippen molar-refractivity contribution in [3.63, 3.8) is 0 Å². The molecule has 1 amide bonds. The highest BCUT2D eigenvalue weighted by molar-refractivity contribution is 5.86. The van der Waals surface area contributed by atoms with E-state index < -0.39 is 12.0 Å². The molecule has 0 aromatic carbocycles. The van der Waals surface area contributed by atoms with Gasteiger partial charge < -0.3 is 10.4 Å². The molecule has 0 spiro atoms. The van der Waals surface area contributed by atoms with E-state index in [0.29, 0.717) is 6.42 Å². The number of carbonyl (C=O) groups is 2. The Hall–Kier alpha value is -1.06. The zero-order valence-corrected chi connectivity index (χ0v) is 7.75. The smallest absolute Gasteiger partial charge is 0.326 e. The van der Waals surface area contributed by atoms with Crippen molar-refractivity contribution >= 4 is 11.9 Å². The van der Waals surface area contributed by atoms with Gasteiger partial charge in [-0.1, -0.05) is 13.3 Å². The molecule has 0 radical (unpaired) electrons. The molecule has 4 heteroatoms. The van der Waals surface area contributed by atoms with E-state index in [1.54, 1.807) is 0 Å². The maximum Gasteiger partial charge on any atom is 0.326 e. The summed E-state index contributed by atoms with van der Waals surface area (Å²) in [6.45, 7) is 1.90. The number of amides is 1. The van der Waals surface area contributed by atoms with Gasteiger partial charge in [-0.3, -0.25) is 4.79 Å². The summed E-state index contributed by atoms with van der Waals surface area (Å²) in [6, 6.07) is -0.696. The molecule has 1 fully saturated rings. The Labute approximate surface area is 77.3 Å². The van der Waals surface area contributed by atoms with Gasteiger partial charge in [0.15, 0.2) is 0 Å². The van der Waals surface area contributed by atoms with Gasteiger partial charge in [-0.25, -0.2) is 4.79 Å². The second kappa shape index (κ2) is 4.25. The van der Waals surface area contributed by atoms with Crippen LogP contribution in [-0.2, 0) is 9.59 Å². The lowest BCUT2D eigenvalue weighted by atomic mass is 10.1. The Kier molecular flexibility index (Phi) is 3.28. The van der Waals surface area contributed by atoms with Crippen LogP contribution in [0.4, 0.5) is 0 Å². The van der Waals surface area contributed by atoms with Gasteiger partial charge in [0.2, 0.25) is 5.91 Å². The Balaban J connectivity index is 2.36. The highest BCUT2D eigenvalue weighted by atomic mass is 16.4. The van der Waals surface area contributed by atoms with Crippen LogP contribution < -0.4 is 5.32 Å². The lowest BCUT2D eigenvalue weighted by Gasteiger charge is -2.12. The molecule has 0 heterocycles. The first-order valence-electron chi connectivity index (χ1n) is 4.68.